The number of rotatable bonds is 7. The summed E-state index contributed by atoms with van der Waals surface area (Å²) in [5, 5.41) is 0. The van der Waals surface area contributed by atoms with Gasteiger partial charge in [0.2, 0.25) is 0 Å². The Morgan fingerprint density at radius 2 is 1.73 bits per heavy atom. The Morgan fingerprint density at radius 1 is 1.04 bits per heavy atom. The number of carbonyl (C=O) groups excluding carboxylic acids is 2. The number of benzene rings is 2. The molecule has 0 saturated heterocycles. The first-order valence-corrected chi connectivity index (χ1v) is 9.15. The van der Waals surface area contributed by atoms with Gasteiger partial charge in [0.25, 0.3) is 0 Å². The SMILES string of the molecule is CCCOc1ccc(Br)cc1C(=O)Oc1ccc(C(=O)OC(C)C)cc1. The largest absolute Gasteiger partial charge is 0.493 e. The lowest BCUT2D eigenvalue weighted by Gasteiger charge is -2.11. The van der Waals surface area contributed by atoms with E-state index in [0.717, 1.165) is 10.9 Å². The Hall–Kier alpha value is -2.34. The van der Waals surface area contributed by atoms with Crippen LogP contribution in [-0.4, -0.2) is 24.6 Å². The number of ether oxygens (including phenoxy) is 3. The molecule has 2 rings (SSSR count). The summed E-state index contributed by atoms with van der Waals surface area (Å²) in [5.74, 6) is -0.148. The maximum atomic E-state index is 12.5. The summed E-state index contributed by atoms with van der Waals surface area (Å²) in [6, 6.07) is 11.4. The third kappa shape index (κ3) is 5.59. The van der Waals surface area contributed by atoms with Crippen molar-refractivity contribution in [3.8, 4) is 11.5 Å². The van der Waals surface area contributed by atoms with Crippen molar-refractivity contribution >= 4 is 27.9 Å². The first-order chi connectivity index (χ1) is 12.4. The number of halogens is 1. The minimum Gasteiger partial charge on any atom is -0.493 e. The molecule has 0 fully saturated rings. The molecule has 0 atom stereocenters. The summed E-state index contributed by atoms with van der Waals surface area (Å²) in [6.07, 6.45) is 0.636. The zero-order chi connectivity index (χ0) is 19.1. The van der Waals surface area contributed by atoms with Gasteiger partial charge in [0, 0.05) is 4.47 Å². The van der Waals surface area contributed by atoms with Crippen molar-refractivity contribution in [2.75, 3.05) is 6.61 Å². The fourth-order valence-corrected chi connectivity index (χ4v) is 2.46. The topological polar surface area (TPSA) is 61.8 Å². The van der Waals surface area contributed by atoms with Gasteiger partial charge in [0.05, 0.1) is 18.3 Å². The van der Waals surface area contributed by atoms with Crippen LogP contribution in [0.15, 0.2) is 46.9 Å². The van der Waals surface area contributed by atoms with Crippen molar-refractivity contribution in [2.45, 2.75) is 33.3 Å². The van der Waals surface area contributed by atoms with E-state index in [-0.39, 0.29) is 6.10 Å². The Bertz CT molecular complexity index is 768. The third-order valence-electron chi connectivity index (χ3n) is 3.27. The monoisotopic (exact) mass is 420 g/mol. The van der Waals surface area contributed by atoms with E-state index in [2.05, 4.69) is 15.9 Å². The van der Waals surface area contributed by atoms with Gasteiger partial charge in [-0.3, -0.25) is 0 Å². The maximum absolute atomic E-state index is 12.5. The molecule has 138 valence electrons. The molecule has 0 amide bonds. The highest BCUT2D eigenvalue weighted by Gasteiger charge is 2.16. The fourth-order valence-electron chi connectivity index (χ4n) is 2.10. The van der Waals surface area contributed by atoms with Gasteiger partial charge < -0.3 is 14.2 Å². The first-order valence-electron chi connectivity index (χ1n) is 8.36. The van der Waals surface area contributed by atoms with E-state index in [4.69, 9.17) is 14.2 Å². The fraction of sp³-hybridized carbons (Fsp3) is 0.300. The standard InChI is InChI=1S/C20H21BrO5/c1-4-11-24-18-10-7-15(21)12-17(18)20(23)26-16-8-5-14(6-9-16)19(22)25-13(2)3/h5-10,12-13H,4,11H2,1-3H3. The van der Waals surface area contributed by atoms with Crippen LogP contribution < -0.4 is 9.47 Å². The maximum Gasteiger partial charge on any atom is 0.347 e. The van der Waals surface area contributed by atoms with Crippen LogP contribution in [0.2, 0.25) is 0 Å². The molecular weight excluding hydrogens is 400 g/mol. The van der Waals surface area contributed by atoms with Gasteiger partial charge in [0.1, 0.15) is 17.1 Å². The van der Waals surface area contributed by atoms with Gasteiger partial charge in [-0.2, -0.15) is 0 Å². The minimum atomic E-state index is -0.532. The highest BCUT2D eigenvalue weighted by molar-refractivity contribution is 9.10. The summed E-state index contributed by atoms with van der Waals surface area (Å²) in [6.45, 7) is 6.06. The van der Waals surface area contributed by atoms with Crippen LogP contribution in [0.5, 0.6) is 11.5 Å². The Balaban J connectivity index is 2.12. The molecule has 0 aliphatic rings. The Labute approximate surface area is 161 Å². The summed E-state index contributed by atoms with van der Waals surface area (Å²) >= 11 is 3.35. The number of esters is 2. The van der Waals surface area contributed by atoms with Gasteiger partial charge in [-0.05, 0) is 62.7 Å². The molecule has 0 N–H and O–H groups in total. The van der Waals surface area contributed by atoms with E-state index in [1.807, 2.05) is 6.92 Å². The van der Waals surface area contributed by atoms with Crippen LogP contribution in [0, 0.1) is 0 Å². The molecule has 0 aliphatic carbocycles. The number of hydrogen-bond donors (Lipinski definition) is 0. The van der Waals surface area contributed by atoms with E-state index in [1.54, 1.807) is 56.3 Å². The summed E-state index contributed by atoms with van der Waals surface area (Å²) < 4.78 is 16.9. The highest BCUT2D eigenvalue weighted by atomic mass is 79.9. The summed E-state index contributed by atoms with van der Waals surface area (Å²) in [7, 11) is 0. The second-order valence-corrected chi connectivity index (χ2v) is 6.77. The smallest absolute Gasteiger partial charge is 0.347 e. The molecule has 5 nitrogen and oxygen atoms in total. The van der Waals surface area contributed by atoms with Crippen LogP contribution in [0.4, 0.5) is 0 Å². The average Bonchev–Trinajstić information content (AvgIpc) is 2.60. The third-order valence-corrected chi connectivity index (χ3v) is 3.76. The van der Waals surface area contributed by atoms with Crippen molar-refractivity contribution in [1.29, 1.82) is 0 Å². The van der Waals surface area contributed by atoms with Crippen LogP contribution in [-0.2, 0) is 4.74 Å². The van der Waals surface area contributed by atoms with Crippen molar-refractivity contribution in [3.63, 3.8) is 0 Å². The van der Waals surface area contributed by atoms with Crippen molar-refractivity contribution in [1.82, 2.24) is 0 Å². The highest BCUT2D eigenvalue weighted by Crippen LogP contribution is 2.25. The van der Waals surface area contributed by atoms with Crippen molar-refractivity contribution in [3.05, 3.63) is 58.1 Å². The Kier molecular flexibility index (Phi) is 7.21. The molecule has 0 radical (unpaired) electrons. The lowest BCUT2D eigenvalue weighted by Crippen LogP contribution is -2.13. The van der Waals surface area contributed by atoms with Gasteiger partial charge in [-0.25, -0.2) is 9.59 Å². The molecule has 0 bridgehead atoms. The molecule has 0 spiro atoms. The molecule has 2 aromatic rings. The van der Waals surface area contributed by atoms with E-state index in [9.17, 15) is 9.59 Å². The van der Waals surface area contributed by atoms with E-state index in [0.29, 0.717) is 29.2 Å². The van der Waals surface area contributed by atoms with Gasteiger partial charge in [-0.1, -0.05) is 22.9 Å². The van der Waals surface area contributed by atoms with Crippen LogP contribution in [0.3, 0.4) is 0 Å². The molecule has 0 saturated carbocycles. The number of carbonyl (C=O) groups is 2. The molecule has 0 aliphatic heterocycles. The Morgan fingerprint density at radius 3 is 2.35 bits per heavy atom. The average molecular weight is 421 g/mol. The van der Waals surface area contributed by atoms with Crippen LogP contribution >= 0.6 is 15.9 Å². The molecule has 2 aromatic carbocycles. The molecule has 0 unspecified atom stereocenters. The van der Waals surface area contributed by atoms with E-state index < -0.39 is 11.9 Å². The molecule has 6 heteroatoms. The quantitative estimate of drug-likeness (QED) is 0.464. The van der Waals surface area contributed by atoms with Gasteiger partial charge >= 0.3 is 11.9 Å². The lowest BCUT2D eigenvalue weighted by atomic mass is 10.2. The molecular formula is C20H21BrO5. The molecule has 26 heavy (non-hydrogen) atoms. The van der Waals surface area contributed by atoms with E-state index in [1.165, 1.54) is 0 Å². The number of hydrogen-bond acceptors (Lipinski definition) is 5. The normalized spacial score (nSPS) is 10.5. The van der Waals surface area contributed by atoms with Gasteiger partial charge in [-0.15, -0.1) is 0 Å². The van der Waals surface area contributed by atoms with Crippen LogP contribution in [0.1, 0.15) is 47.9 Å². The summed E-state index contributed by atoms with van der Waals surface area (Å²) in [5.41, 5.74) is 0.726. The minimum absolute atomic E-state index is 0.196. The second-order valence-electron chi connectivity index (χ2n) is 5.86. The lowest BCUT2D eigenvalue weighted by molar-refractivity contribution is 0.0378. The predicted molar refractivity (Wildman–Crippen MR) is 102 cm³/mol. The molecule has 0 heterocycles. The predicted octanol–water partition coefficient (Wildman–Crippen LogP) is 5.02. The van der Waals surface area contributed by atoms with E-state index >= 15 is 0 Å². The van der Waals surface area contributed by atoms with Gasteiger partial charge in [0.15, 0.2) is 0 Å². The van der Waals surface area contributed by atoms with Crippen molar-refractivity contribution < 1.29 is 23.8 Å². The second kappa shape index (κ2) is 9.38. The zero-order valence-corrected chi connectivity index (χ0v) is 16.5. The summed E-state index contributed by atoms with van der Waals surface area (Å²) in [4.78, 5) is 24.3. The van der Waals surface area contributed by atoms with Crippen LogP contribution in [0.25, 0.3) is 0 Å². The zero-order valence-electron chi connectivity index (χ0n) is 15.0. The molecule has 0 aromatic heterocycles. The van der Waals surface area contributed by atoms with Crippen molar-refractivity contribution in [2.24, 2.45) is 0 Å². The first kappa shape index (κ1) is 20.0.